The normalized spacial score (nSPS) is 11.9. The lowest BCUT2D eigenvalue weighted by Crippen LogP contribution is -2.39. The van der Waals surface area contributed by atoms with Crippen molar-refractivity contribution in [3.05, 3.63) is 108 Å². The molecule has 0 spiro atoms. The molecular formula is C24H24O3. The van der Waals surface area contributed by atoms with E-state index in [2.05, 4.69) is 0 Å². The molecule has 3 nitrogen and oxygen atoms in total. The number of rotatable bonds is 7. The van der Waals surface area contributed by atoms with Gasteiger partial charge in [-0.3, -0.25) is 4.79 Å². The molecule has 3 aromatic carbocycles. The van der Waals surface area contributed by atoms with E-state index >= 15 is 0 Å². The van der Waals surface area contributed by atoms with Gasteiger partial charge in [0.1, 0.15) is 5.60 Å². The Morgan fingerprint density at radius 1 is 0.741 bits per heavy atom. The van der Waals surface area contributed by atoms with Crippen molar-refractivity contribution in [1.82, 2.24) is 0 Å². The van der Waals surface area contributed by atoms with E-state index in [1.54, 1.807) is 13.8 Å². The summed E-state index contributed by atoms with van der Waals surface area (Å²) in [5.74, 6) is -0.884. The molecule has 0 aliphatic heterocycles. The Morgan fingerprint density at radius 3 is 1.37 bits per heavy atom. The highest BCUT2D eigenvalue weighted by molar-refractivity contribution is 5.73. The third-order valence-electron chi connectivity index (χ3n) is 4.77. The van der Waals surface area contributed by atoms with Gasteiger partial charge in [0.15, 0.2) is 0 Å². The van der Waals surface area contributed by atoms with Gasteiger partial charge in [0.25, 0.3) is 0 Å². The highest BCUT2D eigenvalue weighted by Gasteiger charge is 2.40. The van der Waals surface area contributed by atoms with Crippen LogP contribution in [0.4, 0.5) is 0 Å². The Bertz CT molecular complexity index is 775. The van der Waals surface area contributed by atoms with Crippen LogP contribution in [0, 0.1) is 5.41 Å². The first-order valence-corrected chi connectivity index (χ1v) is 9.01. The Kier molecular flexibility index (Phi) is 5.43. The van der Waals surface area contributed by atoms with E-state index in [0.717, 1.165) is 16.7 Å². The van der Waals surface area contributed by atoms with E-state index in [0.29, 0.717) is 0 Å². The van der Waals surface area contributed by atoms with E-state index in [-0.39, 0.29) is 6.61 Å². The van der Waals surface area contributed by atoms with Gasteiger partial charge in [-0.15, -0.1) is 0 Å². The first-order valence-electron chi connectivity index (χ1n) is 9.01. The maximum absolute atomic E-state index is 11.7. The Morgan fingerprint density at radius 2 is 1.07 bits per heavy atom. The SMILES string of the molecule is CC(C)(COC(c1ccccc1)(c1ccccc1)c1ccccc1)C(=O)O. The highest BCUT2D eigenvalue weighted by atomic mass is 16.5. The van der Waals surface area contributed by atoms with Gasteiger partial charge in [-0.25, -0.2) is 0 Å². The molecule has 0 radical (unpaired) electrons. The van der Waals surface area contributed by atoms with Gasteiger partial charge in [0.05, 0.1) is 12.0 Å². The molecule has 0 amide bonds. The minimum Gasteiger partial charge on any atom is -0.481 e. The lowest BCUT2D eigenvalue weighted by molar-refractivity contribution is -0.153. The van der Waals surface area contributed by atoms with Crippen molar-refractivity contribution in [2.75, 3.05) is 6.61 Å². The summed E-state index contributed by atoms with van der Waals surface area (Å²) in [4.78, 5) is 11.7. The van der Waals surface area contributed by atoms with Crippen molar-refractivity contribution in [2.24, 2.45) is 5.41 Å². The van der Waals surface area contributed by atoms with Crippen LogP contribution in [0.25, 0.3) is 0 Å². The predicted molar refractivity (Wildman–Crippen MR) is 107 cm³/mol. The average molecular weight is 360 g/mol. The highest BCUT2D eigenvalue weighted by Crippen LogP contribution is 2.41. The zero-order valence-corrected chi connectivity index (χ0v) is 15.6. The van der Waals surface area contributed by atoms with Gasteiger partial charge in [-0.05, 0) is 30.5 Å². The Balaban J connectivity index is 2.21. The third-order valence-corrected chi connectivity index (χ3v) is 4.77. The zero-order chi connectivity index (χ0) is 19.3. The average Bonchev–Trinajstić information content (AvgIpc) is 2.71. The van der Waals surface area contributed by atoms with Crippen LogP contribution in [0.1, 0.15) is 30.5 Å². The van der Waals surface area contributed by atoms with Crippen molar-refractivity contribution in [1.29, 1.82) is 0 Å². The molecule has 27 heavy (non-hydrogen) atoms. The van der Waals surface area contributed by atoms with Gasteiger partial charge in [0.2, 0.25) is 0 Å². The minimum absolute atomic E-state index is 0.0705. The van der Waals surface area contributed by atoms with E-state index < -0.39 is 17.0 Å². The third kappa shape index (κ3) is 3.79. The molecule has 0 heterocycles. The van der Waals surface area contributed by atoms with Gasteiger partial charge < -0.3 is 9.84 Å². The van der Waals surface area contributed by atoms with E-state index in [1.807, 2.05) is 91.0 Å². The summed E-state index contributed by atoms with van der Waals surface area (Å²) in [6, 6.07) is 29.9. The number of benzene rings is 3. The summed E-state index contributed by atoms with van der Waals surface area (Å²) in [5.41, 5.74) is 0.982. The van der Waals surface area contributed by atoms with Crippen molar-refractivity contribution >= 4 is 5.97 Å². The fourth-order valence-electron chi connectivity index (χ4n) is 3.12. The van der Waals surface area contributed by atoms with Crippen molar-refractivity contribution < 1.29 is 14.6 Å². The number of hydrogen-bond donors (Lipinski definition) is 1. The molecule has 0 atom stereocenters. The lowest BCUT2D eigenvalue weighted by Gasteiger charge is -2.38. The largest absolute Gasteiger partial charge is 0.481 e. The first-order chi connectivity index (χ1) is 13.0. The summed E-state index contributed by atoms with van der Waals surface area (Å²) in [6.45, 7) is 3.43. The molecule has 0 bridgehead atoms. The molecule has 3 rings (SSSR count). The van der Waals surface area contributed by atoms with Crippen LogP contribution in [0.15, 0.2) is 91.0 Å². The molecule has 3 aromatic rings. The summed E-state index contributed by atoms with van der Waals surface area (Å²) in [6.07, 6.45) is 0. The molecule has 0 aliphatic carbocycles. The predicted octanol–water partition coefficient (Wildman–Crippen LogP) is 5.11. The molecule has 1 N–H and O–H groups in total. The molecule has 0 saturated carbocycles. The van der Waals surface area contributed by atoms with Crippen LogP contribution < -0.4 is 0 Å². The summed E-state index contributed by atoms with van der Waals surface area (Å²) < 4.78 is 6.53. The molecule has 0 unspecified atom stereocenters. The molecule has 138 valence electrons. The molecule has 0 aromatic heterocycles. The van der Waals surface area contributed by atoms with Gasteiger partial charge in [0, 0.05) is 0 Å². The number of carboxylic acid groups (broad SMARTS) is 1. The summed E-state index contributed by atoms with van der Waals surface area (Å²) >= 11 is 0. The first kappa shape index (κ1) is 18.9. The summed E-state index contributed by atoms with van der Waals surface area (Å²) in [7, 11) is 0. The number of aliphatic carboxylic acids is 1. The van der Waals surface area contributed by atoms with Crippen LogP contribution >= 0.6 is 0 Å². The topological polar surface area (TPSA) is 46.5 Å². The molecule has 3 heteroatoms. The van der Waals surface area contributed by atoms with Gasteiger partial charge >= 0.3 is 5.97 Å². The van der Waals surface area contributed by atoms with Crippen LogP contribution in [0.2, 0.25) is 0 Å². The van der Waals surface area contributed by atoms with Crippen molar-refractivity contribution in [3.8, 4) is 0 Å². The number of carboxylic acids is 1. The second kappa shape index (κ2) is 7.77. The maximum atomic E-state index is 11.7. The van der Waals surface area contributed by atoms with Crippen LogP contribution in [-0.2, 0) is 15.1 Å². The zero-order valence-electron chi connectivity index (χ0n) is 15.6. The van der Waals surface area contributed by atoms with E-state index in [4.69, 9.17) is 4.74 Å². The van der Waals surface area contributed by atoms with Gasteiger partial charge in [-0.1, -0.05) is 91.0 Å². The Hall–Kier alpha value is -2.91. The molecular weight excluding hydrogens is 336 g/mol. The van der Waals surface area contributed by atoms with Gasteiger partial charge in [-0.2, -0.15) is 0 Å². The molecule has 0 fully saturated rings. The number of ether oxygens (including phenoxy) is 1. The Labute approximate surface area is 160 Å². The number of hydrogen-bond acceptors (Lipinski definition) is 2. The fraction of sp³-hybridized carbons (Fsp3) is 0.208. The van der Waals surface area contributed by atoms with Crippen molar-refractivity contribution in [3.63, 3.8) is 0 Å². The van der Waals surface area contributed by atoms with E-state index in [9.17, 15) is 9.90 Å². The maximum Gasteiger partial charge on any atom is 0.311 e. The molecule has 0 aliphatic rings. The van der Waals surface area contributed by atoms with Crippen LogP contribution in [0.3, 0.4) is 0 Å². The minimum atomic E-state index is -1.01. The molecule has 0 saturated heterocycles. The standard InChI is InChI=1S/C24H24O3/c1-23(2,22(25)26)18-27-24(19-12-6-3-7-13-19,20-14-8-4-9-15-20)21-16-10-5-11-17-21/h3-17H,18H2,1-2H3,(H,25,26). The fourth-order valence-corrected chi connectivity index (χ4v) is 3.12. The van der Waals surface area contributed by atoms with Crippen LogP contribution in [-0.4, -0.2) is 17.7 Å². The van der Waals surface area contributed by atoms with E-state index in [1.165, 1.54) is 0 Å². The number of carbonyl (C=O) groups is 1. The van der Waals surface area contributed by atoms with Crippen molar-refractivity contribution in [2.45, 2.75) is 19.4 Å². The quantitative estimate of drug-likeness (QED) is 0.596. The monoisotopic (exact) mass is 360 g/mol. The second-order valence-electron chi connectivity index (χ2n) is 7.26. The second-order valence-corrected chi connectivity index (χ2v) is 7.26. The smallest absolute Gasteiger partial charge is 0.311 e. The van der Waals surface area contributed by atoms with Crippen LogP contribution in [0.5, 0.6) is 0 Å². The lowest BCUT2D eigenvalue weighted by atomic mass is 9.79. The summed E-state index contributed by atoms with van der Waals surface area (Å²) in [5, 5.41) is 9.57.